The smallest absolute Gasteiger partial charge is 0.161 e. The number of hydrogen-bond donors (Lipinski definition) is 3. The summed E-state index contributed by atoms with van der Waals surface area (Å²) in [6.07, 6.45) is 7.17. The first kappa shape index (κ1) is 26.5. The minimum Gasteiger partial charge on any atom is -0.493 e. The van der Waals surface area contributed by atoms with Gasteiger partial charge in [-0.25, -0.2) is 13.9 Å². The van der Waals surface area contributed by atoms with E-state index in [1.54, 1.807) is 26.5 Å². The van der Waals surface area contributed by atoms with Crippen LogP contribution in [0.5, 0.6) is 11.5 Å². The number of nitrogens with one attached hydrogen (secondary N) is 1. The van der Waals surface area contributed by atoms with Gasteiger partial charge in [-0.05, 0) is 79.6 Å². The van der Waals surface area contributed by atoms with Gasteiger partial charge in [0.2, 0.25) is 0 Å². The molecular weight excluding hydrogens is 495 g/mol. The van der Waals surface area contributed by atoms with Crippen molar-refractivity contribution in [2.24, 2.45) is 16.5 Å². The summed E-state index contributed by atoms with van der Waals surface area (Å²) in [5.41, 5.74) is 19.6. The summed E-state index contributed by atoms with van der Waals surface area (Å²) < 4.78 is 26.9. The van der Waals surface area contributed by atoms with Crippen molar-refractivity contribution in [3.63, 3.8) is 0 Å². The van der Waals surface area contributed by atoms with Gasteiger partial charge in [-0.15, -0.1) is 0 Å². The number of nitrogens with zero attached hydrogens (tertiary/aromatic N) is 3. The average molecular weight is 531 g/mol. The number of anilines is 1. The minimum atomic E-state index is -0.354. The molecule has 5 N–H and O–H groups in total. The summed E-state index contributed by atoms with van der Waals surface area (Å²) >= 11 is 0. The molecule has 2 heterocycles. The Morgan fingerprint density at radius 3 is 2.62 bits per heavy atom. The molecule has 0 spiro atoms. The van der Waals surface area contributed by atoms with Gasteiger partial charge in [0.05, 0.1) is 42.9 Å². The number of benzene rings is 2. The number of rotatable bonds is 8. The van der Waals surface area contributed by atoms with Gasteiger partial charge in [-0.1, -0.05) is 13.0 Å². The van der Waals surface area contributed by atoms with Crippen molar-refractivity contribution in [3.05, 3.63) is 71.3 Å². The second kappa shape index (κ2) is 10.9. The Kier molecular flexibility index (Phi) is 7.43. The number of fused-ring (bicyclic) bond motifs is 1. The van der Waals surface area contributed by atoms with Gasteiger partial charge in [0.1, 0.15) is 11.7 Å². The van der Waals surface area contributed by atoms with Crippen LogP contribution in [0.4, 0.5) is 15.8 Å². The van der Waals surface area contributed by atoms with E-state index < -0.39 is 0 Å². The van der Waals surface area contributed by atoms with Crippen molar-refractivity contribution in [1.82, 2.24) is 9.61 Å². The lowest BCUT2D eigenvalue weighted by Crippen LogP contribution is -2.24. The van der Waals surface area contributed by atoms with Crippen molar-refractivity contribution in [3.8, 4) is 22.6 Å². The molecule has 1 fully saturated rings. The highest BCUT2D eigenvalue weighted by Crippen LogP contribution is 2.38. The van der Waals surface area contributed by atoms with Crippen molar-refractivity contribution in [1.29, 1.82) is 0 Å². The number of methoxy groups -OCH3 is 2. The molecule has 2 aromatic carbocycles. The zero-order valence-corrected chi connectivity index (χ0v) is 22.8. The molecule has 0 bridgehead atoms. The van der Waals surface area contributed by atoms with Crippen LogP contribution < -0.4 is 26.3 Å². The zero-order chi connectivity index (χ0) is 27.7. The van der Waals surface area contributed by atoms with E-state index in [9.17, 15) is 4.39 Å². The standard InChI is InChI=1S/C30H35FN6O2/c1-5-18-6-7-20(31)12-25(18)36-30(33)24-15-34-37-16-19(23-14-28(39-4)27(38-3)10-17(23)2)11-26(37)29(24)35-22-9-8-21(32)13-22/h6-7,10-12,14-16,21-22,35H,5,8-9,13,32H2,1-4H3,(H2,33,36). The van der Waals surface area contributed by atoms with Crippen LogP contribution in [-0.4, -0.2) is 41.8 Å². The van der Waals surface area contributed by atoms with Crippen molar-refractivity contribution >= 4 is 22.7 Å². The van der Waals surface area contributed by atoms with Crippen LogP contribution in [0.1, 0.15) is 42.9 Å². The maximum atomic E-state index is 14.1. The molecule has 39 heavy (non-hydrogen) atoms. The fourth-order valence-electron chi connectivity index (χ4n) is 5.32. The molecule has 0 amide bonds. The first-order valence-electron chi connectivity index (χ1n) is 13.2. The van der Waals surface area contributed by atoms with Crippen molar-refractivity contribution < 1.29 is 13.9 Å². The van der Waals surface area contributed by atoms with Crippen molar-refractivity contribution in [2.75, 3.05) is 19.5 Å². The normalized spacial score (nSPS) is 17.5. The largest absolute Gasteiger partial charge is 0.493 e. The third-order valence-corrected chi connectivity index (χ3v) is 7.45. The molecule has 1 saturated carbocycles. The Morgan fingerprint density at radius 2 is 1.92 bits per heavy atom. The number of aryl methyl sites for hydroxylation is 2. The average Bonchev–Trinajstić information content (AvgIpc) is 3.54. The molecule has 1 aliphatic carbocycles. The fraction of sp³-hybridized carbons (Fsp3) is 0.333. The quantitative estimate of drug-likeness (QED) is 0.209. The maximum Gasteiger partial charge on any atom is 0.161 e. The highest BCUT2D eigenvalue weighted by atomic mass is 19.1. The molecule has 2 aromatic heterocycles. The summed E-state index contributed by atoms with van der Waals surface area (Å²) in [6.45, 7) is 4.04. The van der Waals surface area contributed by atoms with E-state index in [1.807, 2.05) is 36.7 Å². The highest BCUT2D eigenvalue weighted by molar-refractivity contribution is 6.06. The van der Waals surface area contributed by atoms with E-state index >= 15 is 0 Å². The molecule has 0 saturated heterocycles. The Labute approximate surface area is 227 Å². The molecule has 204 valence electrons. The molecule has 2 unspecified atom stereocenters. The molecule has 0 radical (unpaired) electrons. The van der Waals surface area contributed by atoms with E-state index in [1.165, 1.54) is 12.1 Å². The van der Waals surface area contributed by atoms with Gasteiger partial charge < -0.3 is 26.3 Å². The van der Waals surface area contributed by atoms with Crippen LogP contribution >= 0.6 is 0 Å². The van der Waals surface area contributed by atoms with Crippen LogP contribution in [-0.2, 0) is 6.42 Å². The molecule has 4 aromatic rings. The van der Waals surface area contributed by atoms with Gasteiger partial charge in [0.15, 0.2) is 11.5 Å². The number of aliphatic imine (C=N–C) groups is 1. The predicted octanol–water partition coefficient (Wildman–Crippen LogP) is 5.36. The lowest BCUT2D eigenvalue weighted by Gasteiger charge is -2.18. The Balaban J connectivity index is 1.65. The molecule has 9 heteroatoms. The monoisotopic (exact) mass is 530 g/mol. The Hall–Kier alpha value is -4.11. The first-order chi connectivity index (χ1) is 18.8. The maximum absolute atomic E-state index is 14.1. The van der Waals surface area contributed by atoms with Gasteiger partial charge in [-0.3, -0.25) is 0 Å². The number of hydrogen-bond acceptors (Lipinski definition) is 6. The lowest BCUT2D eigenvalue weighted by atomic mass is 10.0. The summed E-state index contributed by atoms with van der Waals surface area (Å²) in [5.74, 6) is 1.24. The second-order valence-corrected chi connectivity index (χ2v) is 10.1. The number of halogens is 1. The van der Waals surface area contributed by atoms with E-state index in [4.69, 9.17) is 20.9 Å². The Morgan fingerprint density at radius 1 is 1.15 bits per heavy atom. The SMILES string of the molecule is CCc1ccc(F)cc1N=C(N)c1cnn2cc(-c3cc(OC)c(OC)cc3C)cc2c1NC1CCC(N)C1. The minimum absolute atomic E-state index is 0.158. The number of amidine groups is 1. The van der Waals surface area contributed by atoms with Gasteiger partial charge in [-0.2, -0.15) is 5.10 Å². The summed E-state index contributed by atoms with van der Waals surface area (Å²) in [6, 6.07) is 11.0. The predicted molar refractivity (Wildman–Crippen MR) is 154 cm³/mol. The number of nitrogens with two attached hydrogens (primary N) is 2. The first-order valence-corrected chi connectivity index (χ1v) is 13.2. The Bertz CT molecular complexity index is 1550. The summed E-state index contributed by atoms with van der Waals surface area (Å²) in [7, 11) is 3.25. The summed E-state index contributed by atoms with van der Waals surface area (Å²) in [4.78, 5) is 4.65. The van der Waals surface area contributed by atoms with E-state index in [0.29, 0.717) is 29.2 Å². The number of aromatic nitrogens is 2. The van der Waals surface area contributed by atoms with E-state index in [2.05, 4.69) is 21.5 Å². The third-order valence-electron chi connectivity index (χ3n) is 7.45. The van der Waals surface area contributed by atoms with E-state index in [-0.39, 0.29) is 23.7 Å². The van der Waals surface area contributed by atoms with Gasteiger partial charge in [0, 0.05) is 23.8 Å². The van der Waals surface area contributed by atoms with Gasteiger partial charge in [0.25, 0.3) is 0 Å². The van der Waals surface area contributed by atoms with Crippen LogP contribution in [0.2, 0.25) is 0 Å². The molecule has 5 rings (SSSR count). The van der Waals surface area contributed by atoms with Crippen LogP contribution in [0.25, 0.3) is 16.6 Å². The summed E-state index contributed by atoms with van der Waals surface area (Å²) in [5, 5.41) is 8.36. The van der Waals surface area contributed by atoms with Crippen LogP contribution in [0.3, 0.4) is 0 Å². The third kappa shape index (κ3) is 5.27. The molecule has 8 nitrogen and oxygen atoms in total. The topological polar surface area (TPSA) is 112 Å². The molecule has 0 aliphatic heterocycles. The zero-order valence-electron chi connectivity index (χ0n) is 22.8. The van der Waals surface area contributed by atoms with Crippen molar-refractivity contribution in [2.45, 2.75) is 51.6 Å². The fourth-order valence-corrected chi connectivity index (χ4v) is 5.32. The van der Waals surface area contributed by atoms with Crippen LogP contribution in [0, 0.1) is 12.7 Å². The number of ether oxygens (including phenoxy) is 2. The van der Waals surface area contributed by atoms with E-state index in [0.717, 1.165) is 52.7 Å². The lowest BCUT2D eigenvalue weighted by molar-refractivity contribution is 0.355. The van der Waals surface area contributed by atoms with Crippen LogP contribution in [0.15, 0.2) is 53.8 Å². The molecule has 1 aliphatic rings. The second-order valence-electron chi connectivity index (χ2n) is 10.1. The molecule has 2 atom stereocenters. The molecular formula is C30H35FN6O2. The highest BCUT2D eigenvalue weighted by Gasteiger charge is 2.25. The van der Waals surface area contributed by atoms with Gasteiger partial charge >= 0.3 is 0 Å².